The highest BCUT2D eigenvalue weighted by molar-refractivity contribution is 9.10. The smallest absolute Gasteiger partial charge is 0.135 e. The van der Waals surface area contributed by atoms with Gasteiger partial charge in [0.05, 0.1) is 15.9 Å². The molecule has 0 unspecified atom stereocenters. The fourth-order valence-electron chi connectivity index (χ4n) is 1.99. The minimum absolute atomic E-state index is 0.400. The number of rotatable bonds is 5. The predicted octanol–water partition coefficient (Wildman–Crippen LogP) is 2.79. The second-order valence-electron chi connectivity index (χ2n) is 4.56. The molecule has 0 N–H and O–H groups in total. The minimum Gasteiger partial charge on any atom is -0.299 e. The van der Waals surface area contributed by atoms with Crippen LogP contribution in [0.25, 0.3) is 0 Å². The molecule has 0 bridgehead atoms. The molecule has 1 saturated carbocycles. The summed E-state index contributed by atoms with van der Waals surface area (Å²) in [5, 5.41) is 4.34. The van der Waals surface area contributed by atoms with Gasteiger partial charge in [0.15, 0.2) is 0 Å². The lowest BCUT2D eigenvalue weighted by molar-refractivity contribution is -0.120. The van der Waals surface area contributed by atoms with Crippen LogP contribution in [0.4, 0.5) is 0 Å². The third kappa shape index (κ3) is 2.54. The van der Waals surface area contributed by atoms with Crippen molar-refractivity contribution in [2.24, 2.45) is 13.0 Å². The van der Waals surface area contributed by atoms with E-state index in [9.17, 15) is 4.79 Å². The first kappa shape index (κ1) is 11.8. The Labute approximate surface area is 104 Å². The summed E-state index contributed by atoms with van der Waals surface area (Å²) in [6.07, 6.45) is 4.82. The van der Waals surface area contributed by atoms with E-state index in [2.05, 4.69) is 21.0 Å². The van der Waals surface area contributed by atoms with E-state index in [1.54, 1.807) is 0 Å². The van der Waals surface area contributed by atoms with E-state index < -0.39 is 0 Å². The van der Waals surface area contributed by atoms with E-state index >= 15 is 0 Å². The van der Waals surface area contributed by atoms with E-state index in [4.69, 9.17) is 0 Å². The Morgan fingerprint density at radius 1 is 1.56 bits per heavy atom. The van der Waals surface area contributed by atoms with Crippen LogP contribution in [0.15, 0.2) is 4.47 Å². The Morgan fingerprint density at radius 3 is 2.75 bits per heavy atom. The van der Waals surface area contributed by atoms with Crippen LogP contribution in [0, 0.1) is 12.8 Å². The van der Waals surface area contributed by atoms with Gasteiger partial charge in [-0.15, -0.1) is 0 Å². The zero-order valence-corrected chi connectivity index (χ0v) is 11.4. The minimum atomic E-state index is 0.400. The number of aryl methyl sites for hydroxylation is 2. The van der Waals surface area contributed by atoms with Crippen LogP contribution in [-0.4, -0.2) is 15.6 Å². The number of hydrogen-bond donors (Lipinski definition) is 0. The van der Waals surface area contributed by atoms with Gasteiger partial charge in [-0.25, -0.2) is 0 Å². The largest absolute Gasteiger partial charge is 0.299 e. The third-order valence-electron chi connectivity index (χ3n) is 3.13. The van der Waals surface area contributed by atoms with Gasteiger partial charge in [0, 0.05) is 19.4 Å². The van der Waals surface area contributed by atoms with Crippen LogP contribution in [-0.2, 0) is 18.3 Å². The van der Waals surface area contributed by atoms with Crippen molar-refractivity contribution in [1.82, 2.24) is 9.78 Å². The van der Waals surface area contributed by atoms with Crippen molar-refractivity contribution in [2.45, 2.75) is 39.0 Å². The number of carbonyl (C=O) groups is 1. The third-order valence-corrected chi connectivity index (χ3v) is 4.16. The van der Waals surface area contributed by atoms with Gasteiger partial charge in [-0.3, -0.25) is 9.48 Å². The Bertz CT molecular complexity index is 407. The van der Waals surface area contributed by atoms with Crippen LogP contribution in [0.1, 0.15) is 37.1 Å². The summed E-state index contributed by atoms with van der Waals surface area (Å²) in [7, 11) is 1.95. The van der Waals surface area contributed by atoms with Crippen LogP contribution in [0.2, 0.25) is 0 Å². The summed E-state index contributed by atoms with van der Waals surface area (Å²) in [5.41, 5.74) is 2.21. The molecule has 1 heterocycles. The van der Waals surface area contributed by atoms with E-state index in [-0.39, 0.29) is 0 Å². The molecule has 16 heavy (non-hydrogen) atoms. The Kier molecular flexibility index (Phi) is 3.47. The molecular formula is C12H17BrN2O. The molecule has 0 radical (unpaired) electrons. The molecule has 1 aromatic rings. The van der Waals surface area contributed by atoms with Crippen LogP contribution < -0.4 is 0 Å². The number of ketones is 1. The molecule has 1 aromatic heterocycles. The van der Waals surface area contributed by atoms with Gasteiger partial charge in [0.1, 0.15) is 5.78 Å². The molecule has 1 fully saturated rings. The van der Waals surface area contributed by atoms with Crippen molar-refractivity contribution in [3.8, 4) is 0 Å². The first-order valence-electron chi connectivity index (χ1n) is 5.80. The highest BCUT2D eigenvalue weighted by atomic mass is 79.9. The Morgan fingerprint density at radius 2 is 2.25 bits per heavy atom. The molecule has 3 nitrogen and oxygen atoms in total. The van der Waals surface area contributed by atoms with Gasteiger partial charge < -0.3 is 0 Å². The molecule has 0 saturated heterocycles. The monoisotopic (exact) mass is 284 g/mol. The van der Waals surface area contributed by atoms with E-state index in [1.807, 2.05) is 18.7 Å². The zero-order chi connectivity index (χ0) is 11.7. The van der Waals surface area contributed by atoms with Gasteiger partial charge in [-0.05, 0) is 48.5 Å². The summed E-state index contributed by atoms with van der Waals surface area (Å²) in [6, 6.07) is 0. The lowest BCUT2D eigenvalue weighted by atomic mass is 10.1. The fourth-order valence-corrected chi connectivity index (χ4v) is 2.53. The van der Waals surface area contributed by atoms with Crippen molar-refractivity contribution in [1.29, 1.82) is 0 Å². The van der Waals surface area contributed by atoms with Crippen molar-refractivity contribution in [2.75, 3.05) is 0 Å². The summed E-state index contributed by atoms with van der Waals surface area (Å²) < 4.78 is 3.00. The van der Waals surface area contributed by atoms with Crippen molar-refractivity contribution in [3.05, 3.63) is 15.9 Å². The average Bonchev–Trinajstić information content (AvgIpc) is 3.02. The Balaban J connectivity index is 1.86. The van der Waals surface area contributed by atoms with Gasteiger partial charge >= 0.3 is 0 Å². The first-order chi connectivity index (χ1) is 7.59. The molecule has 1 aliphatic rings. The lowest BCUT2D eigenvalue weighted by Crippen LogP contribution is -2.03. The molecule has 0 spiro atoms. The van der Waals surface area contributed by atoms with Gasteiger partial charge in [-0.1, -0.05) is 0 Å². The summed E-state index contributed by atoms with van der Waals surface area (Å²) >= 11 is 3.54. The molecule has 0 aliphatic heterocycles. The maximum atomic E-state index is 11.5. The number of nitrogens with zero attached hydrogens (tertiary/aromatic N) is 2. The Hall–Kier alpha value is -0.640. The normalized spacial score (nSPS) is 15.4. The van der Waals surface area contributed by atoms with Crippen molar-refractivity contribution < 1.29 is 4.79 Å². The summed E-state index contributed by atoms with van der Waals surface area (Å²) in [4.78, 5) is 11.5. The van der Waals surface area contributed by atoms with Crippen LogP contribution in [0.3, 0.4) is 0 Å². The fraction of sp³-hybridized carbons (Fsp3) is 0.667. The number of hydrogen-bond acceptors (Lipinski definition) is 2. The maximum Gasteiger partial charge on any atom is 0.135 e. The summed E-state index contributed by atoms with van der Waals surface area (Å²) in [5.74, 6) is 0.853. The second-order valence-corrected chi connectivity index (χ2v) is 5.36. The quantitative estimate of drug-likeness (QED) is 0.833. The second kappa shape index (κ2) is 4.70. The molecule has 1 aliphatic carbocycles. The van der Waals surface area contributed by atoms with Gasteiger partial charge in [-0.2, -0.15) is 5.10 Å². The molecule has 0 aromatic carbocycles. The zero-order valence-electron chi connectivity index (χ0n) is 9.79. The van der Waals surface area contributed by atoms with E-state index in [1.165, 1.54) is 5.69 Å². The van der Waals surface area contributed by atoms with Gasteiger partial charge in [0.2, 0.25) is 0 Å². The van der Waals surface area contributed by atoms with E-state index in [0.717, 1.165) is 42.3 Å². The van der Waals surface area contributed by atoms with Crippen molar-refractivity contribution in [3.63, 3.8) is 0 Å². The first-order valence-corrected chi connectivity index (χ1v) is 6.59. The van der Waals surface area contributed by atoms with E-state index in [0.29, 0.717) is 11.7 Å². The number of carbonyl (C=O) groups excluding carboxylic acids is 1. The maximum absolute atomic E-state index is 11.5. The molecule has 4 heteroatoms. The molecule has 0 amide bonds. The lowest BCUT2D eigenvalue weighted by Gasteiger charge is -2.02. The average molecular weight is 285 g/mol. The SMILES string of the molecule is Cc1nn(C)c(CCCC(=O)C2CC2)c1Br. The summed E-state index contributed by atoms with van der Waals surface area (Å²) in [6.45, 7) is 1.99. The highest BCUT2D eigenvalue weighted by Gasteiger charge is 2.28. The van der Waals surface area contributed by atoms with Crippen molar-refractivity contribution >= 4 is 21.7 Å². The molecule has 0 atom stereocenters. The van der Waals surface area contributed by atoms with Crippen LogP contribution >= 0.6 is 15.9 Å². The van der Waals surface area contributed by atoms with Crippen LogP contribution in [0.5, 0.6) is 0 Å². The molecule has 88 valence electrons. The topological polar surface area (TPSA) is 34.9 Å². The number of aromatic nitrogens is 2. The van der Waals surface area contributed by atoms with Gasteiger partial charge in [0.25, 0.3) is 0 Å². The predicted molar refractivity (Wildman–Crippen MR) is 66.3 cm³/mol. The number of Topliss-reactive ketones (excluding diaryl/α,β-unsaturated/α-hetero) is 1. The number of halogens is 1. The molecular weight excluding hydrogens is 268 g/mol. The highest BCUT2D eigenvalue weighted by Crippen LogP contribution is 2.31. The molecule has 2 rings (SSSR count). The standard InChI is InChI=1S/C12H17BrN2O/c1-8-12(13)10(15(2)14-8)4-3-5-11(16)9-6-7-9/h9H,3-7H2,1-2H3.